The minimum absolute atomic E-state index is 0.718. The second kappa shape index (κ2) is 9.64. The van der Waals surface area contributed by atoms with Crippen LogP contribution < -0.4 is 5.32 Å². The zero-order chi connectivity index (χ0) is 17.4. The molecule has 2 rings (SSSR count). The fourth-order valence-corrected chi connectivity index (χ4v) is 3.09. The first-order valence-electron chi connectivity index (χ1n) is 8.94. The average Bonchev–Trinajstić information content (AvgIpc) is 2.59. The number of nitrogens with zero attached hydrogens (tertiary/aromatic N) is 4. The number of piperidine rings is 1. The second-order valence-electron chi connectivity index (χ2n) is 6.98. The quantitative estimate of drug-likeness (QED) is 0.636. The number of hydrogen-bond donors (Lipinski definition) is 1. The predicted octanol–water partition coefficient (Wildman–Crippen LogP) is 1.72. The number of benzene rings is 1. The maximum atomic E-state index is 4.72. The van der Waals surface area contributed by atoms with Crippen LogP contribution >= 0.6 is 0 Å². The van der Waals surface area contributed by atoms with Crippen LogP contribution in [-0.2, 0) is 6.54 Å². The predicted molar refractivity (Wildman–Crippen MR) is 102 cm³/mol. The third kappa shape index (κ3) is 6.13. The molecule has 1 aromatic rings. The highest BCUT2D eigenvalue weighted by Gasteiger charge is 2.20. The molecule has 0 atom stereocenters. The van der Waals surface area contributed by atoms with Crippen molar-refractivity contribution in [3.63, 3.8) is 0 Å². The zero-order valence-electron chi connectivity index (χ0n) is 15.7. The van der Waals surface area contributed by atoms with Gasteiger partial charge in [-0.1, -0.05) is 30.3 Å². The van der Waals surface area contributed by atoms with E-state index in [9.17, 15) is 0 Å². The van der Waals surface area contributed by atoms with Gasteiger partial charge in [-0.05, 0) is 45.6 Å². The Bertz CT molecular complexity index is 490. The Morgan fingerprint density at radius 1 is 1.12 bits per heavy atom. The lowest BCUT2D eigenvalue weighted by Gasteiger charge is -2.35. The van der Waals surface area contributed by atoms with E-state index in [0.29, 0.717) is 0 Å². The second-order valence-corrected chi connectivity index (χ2v) is 6.98. The van der Waals surface area contributed by atoms with Gasteiger partial charge >= 0.3 is 0 Å². The highest BCUT2D eigenvalue weighted by Crippen LogP contribution is 2.13. The average molecular weight is 332 g/mol. The molecular weight excluding hydrogens is 298 g/mol. The van der Waals surface area contributed by atoms with Gasteiger partial charge in [0.1, 0.15) is 0 Å². The highest BCUT2D eigenvalue weighted by atomic mass is 15.3. The van der Waals surface area contributed by atoms with Gasteiger partial charge in [0.15, 0.2) is 5.96 Å². The molecule has 134 valence electrons. The molecule has 0 bridgehead atoms. The molecule has 0 unspecified atom stereocenters. The molecule has 5 heteroatoms. The van der Waals surface area contributed by atoms with Crippen LogP contribution in [0.1, 0.15) is 18.4 Å². The maximum Gasteiger partial charge on any atom is 0.193 e. The molecule has 5 nitrogen and oxygen atoms in total. The van der Waals surface area contributed by atoms with E-state index in [1.165, 1.54) is 31.5 Å². The molecule has 0 amide bonds. The van der Waals surface area contributed by atoms with E-state index in [1.54, 1.807) is 0 Å². The molecule has 1 aromatic carbocycles. The molecule has 1 aliphatic rings. The van der Waals surface area contributed by atoms with Gasteiger partial charge in [-0.2, -0.15) is 0 Å². The molecule has 1 saturated heterocycles. The normalized spacial score (nSPS) is 17.3. The van der Waals surface area contributed by atoms with Crippen LogP contribution in [-0.4, -0.2) is 81.1 Å². The first-order chi connectivity index (χ1) is 11.6. The van der Waals surface area contributed by atoms with Crippen molar-refractivity contribution in [3.8, 4) is 0 Å². The molecule has 1 heterocycles. The van der Waals surface area contributed by atoms with E-state index in [4.69, 9.17) is 4.99 Å². The summed E-state index contributed by atoms with van der Waals surface area (Å²) in [6, 6.07) is 11.1. The number of guanidine groups is 1. The molecule has 1 aliphatic heterocycles. The van der Waals surface area contributed by atoms with Gasteiger partial charge in [-0.15, -0.1) is 0 Å². The van der Waals surface area contributed by atoms with Gasteiger partial charge in [0.2, 0.25) is 0 Å². The first kappa shape index (κ1) is 18.7. The minimum atomic E-state index is 0.718. The number of hydrogen-bond acceptors (Lipinski definition) is 3. The monoisotopic (exact) mass is 331 g/mol. The van der Waals surface area contributed by atoms with Gasteiger partial charge in [-0.25, -0.2) is 4.99 Å². The van der Waals surface area contributed by atoms with Crippen molar-refractivity contribution in [2.45, 2.75) is 25.4 Å². The van der Waals surface area contributed by atoms with Crippen molar-refractivity contribution >= 4 is 5.96 Å². The summed E-state index contributed by atoms with van der Waals surface area (Å²) in [5.41, 5.74) is 1.24. The fraction of sp³-hybridized carbons (Fsp3) is 0.632. The Labute approximate surface area is 147 Å². The lowest BCUT2D eigenvalue weighted by molar-refractivity contribution is 0.146. The van der Waals surface area contributed by atoms with E-state index >= 15 is 0 Å². The SMILES string of the molecule is CN(C)C(=NCc1ccccc1)NCCN1CCC(N(C)C)CC1. The summed E-state index contributed by atoms with van der Waals surface area (Å²) in [6.45, 7) is 5.14. The molecule has 0 saturated carbocycles. The maximum absolute atomic E-state index is 4.72. The Balaban J connectivity index is 1.74. The van der Waals surface area contributed by atoms with Crippen LogP contribution in [0, 0.1) is 0 Å². The molecule has 0 radical (unpaired) electrons. The summed E-state index contributed by atoms with van der Waals surface area (Å²) in [5.74, 6) is 0.960. The molecular formula is C19H33N5. The lowest BCUT2D eigenvalue weighted by Crippen LogP contribution is -2.45. The molecule has 1 fully saturated rings. The van der Waals surface area contributed by atoms with E-state index < -0.39 is 0 Å². The van der Waals surface area contributed by atoms with Crippen LogP contribution in [0.2, 0.25) is 0 Å². The van der Waals surface area contributed by atoms with Crippen LogP contribution in [0.3, 0.4) is 0 Å². The summed E-state index contributed by atoms with van der Waals surface area (Å²) in [6.07, 6.45) is 2.55. The number of nitrogens with one attached hydrogen (secondary N) is 1. The summed E-state index contributed by atoms with van der Waals surface area (Å²) in [4.78, 5) is 11.7. The Morgan fingerprint density at radius 2 is 1.79 bits per heavy atom. The summed E-state index contributed by atoms with van der Waals surface area (Å²) >= 11 is 0. The van der Waals surface area contributed by atoms with Crippen LogP contribution in [0.4, 0.5) is 0 Å². The van der Waals surface area contributed by atoms with E-state index in [0.717, 1.165) is 31.6 Å². The first-order valence-corrected chi connectivity index (χ1v) is 8.94. The van der Waals surface area contributed by atoms with Crippen molar-refractivity contribution in [2.75, 3.05) is 54.4 Å². The van der Waals surface area contributed by atoms with Crippen molar-refractivity contribution in [2.24, 2.45) is 4.99 Å². The summed E-state index contributed by atoms with van der Waals surface area (Å²) < 4.78 is 0. The van der Waals surface area contributed by atoms with Crippen molar-refractivity contribution < 1.29 is 0 Å². The van der Waals surface area contributed by atoms with E-state index in [2.05, 4.69) is 58.4 Å². The topological polar surface area (TPSA) is 34.1 Å². The number of rotatable bonds is 6. The standard InChI is InChI=1S/C19H33N5/c1-22(2)18-10-13-24(14-11-18)15-12-20-19(23(3)4)21-16-17-8-6-5-7-9-17/h5-9,18H,10-16H2,1-4H3,(H,20,21). The zero-order valence-corrected chi connectivity index (χ0v) is 15.7. The number of likely N-dealkylation sites (tertiary alicyclic amines) is 1. The third-order valence-electron chi connectivity index (χ3n) is 4.68. The molecule has 0 spiro atoms. The van der Waals surface area contributed by atoms with Gasteiger partial charge in [0.25, 0.3) is 0 Å². The Hall–Kier alpha value is -1.59. The third-order valence-corrected chi connectivity index (χ3v) is 4.68. The van der Waals surface area contributed by atoms with Crippen LogP contribution in [0.5, 0.6) is 0 Å². The lowest BCUT2D eigenvalue weighted by atomic mass is 10.0. The van der Waals surface area contributed by atoms with E-state index in [1.807, 2.05) is 20.2 Å². The van der Waals surface area contributed by atoms with Gasteiger partial charge in [0.05, 0.1) is 6.54 Å². The fourth-order valence-electron chi connectivity index (χ4n) is 3.09. The van der Waals surface area contributed by atoms with Crippen LogP contribution in [0.25, 0.3) is 0 Å². The van der Waals surface area contributed by atoms with Crippen LogP contribution in [0.15, 0.2) is 35.3 Å². The summed E-state index contributed by atoms with van der Waals surface area (Å²) in [7, 11) is 8.46. The van der Waals surface area contributed by atoms with Gasteiger partial charge < -0.3 is 20.0 Å². The number of aliphatic imine (C=N–C) groups is 1. The Kier molecular flexibility index (Phi) is 7.53. The van der Waals surface area contributed by atoms with E-state index in [-0.39, 0.29) is 0 Å². The molecule has 24 heavy (non-hydrogen) atoms. The smallest absolute Gasteiger partial charge is 0.193 e. The largest absolute Gasteiger partial charge is 0.355 e. The van der Waals surface area contributed by atoms with Gasteiger partial charge in [0, 0.05) is 33.2 Å². The minimum Gasteiger partial charge on any atom is -0.355 e. The van der Waals surface area contributed by atoms with Crippen molar-refractivity contribution in [1.82, 2.24) is 20.0 Å². The Morgan fingerprint density at radius 3 is 2.38 bits per heavy atom. The summed E-state index contributed by atoms with van der Waals surface area (Å²) in [5, 5.41) is 3.49. The van der Waals surface area contributed by atoms with Gasteiger partial charge in [-0.3, -0.25) is 0 Å². The molecule has 1 N–H and O–H groups in total. The highest BCUT2D eigenvalue weighted by molar-refractivity contribution is 5.79. The molecule has 0 aromatic heterocycles. The molecule has 0 aliphatic carbocycles. The van der Waals surface area contributed by atoms with Crippen molar-refractivity contribution in [3.05, 3.63) is 35.9 Å². The van der Waals surface area contributed by atoms with Crippen molar-refractivity contribution in [1.29, 1.82) is 0 Å².